The van der Waals surface area contributed by atoms with Gasteiger partial charge in [-0.1, -0.05) is 66.7 Å². The summed E-state index contributed by atoms with van der Waals surface area (Å²) in [5.41, 5.74) is 5.45. The molecule has 7 heteroatoms. The average Bonchev–Trinajstić information content (AvgIpc) is 3.52. The number of aromatic amines is 1. The minimum Gasteiger partial charge on any atom is -0.466 e. The Balaban J connectivity index is 1.40. The Labute approximate surface area is 233 Å². The van der Waals surface area contributed by atoms with Crippen LogP contribution in [0.4, 0.5) is 0 Å². The van der Waals surface area contributed by atoms with Crippen LogP contribution in [0.15, 0.2) is 78.9 Å². The maximum atomic E-state index is 14.0. The Morgan fingerprint density at radius 2 is 1.62 bits per heavy atom. The molecule has 2 amide bonds. The summed E-state index contributed by atoms with van der Waals surface area (Å²) >= 11 is 0. The number of rotatable bonds is 6. The first-order chi connectivity index (χ1) is 19.5. The van der Waals surface area contributed by atoms with Gasteiger partial charge in [-0.2, -0.15) is 0 Å². The fraction of sp³-hybridized carbons (Fsp3) is 0.303. The number of carbonyl (C=O) groups excluding carboxylic acids is 3. The maximum absolute atomic E-state index is 14.0. The number of ether oxygens (including phenoxy) is 1. The number of esters is 1. The van der Waals surface area contributed by atoms with Crippen LogP contribution < -0.4 is 0 Å². The molecule has 0 saturated carbocycles. The number of hydrogen-bond donors (Lipinski definition) is 1. The third-order valence-electron chi connectivity index (χ3n) is 8.28. The van der Waals surface area contributed by atoms with Crippen LogP contribution in [-0.4, -0.2) is 58.3 Å². The van der Waals surface area contributed by atoms with Crippen LogP contribution in [0, 0.1) is 5.92 Å². The van der Waals surface area contributed by atoms with Crippen molar-refractivity contribution in [3.8, 4) is 11.3 Å². The second-order valence-corrected chi connectivity index (χ2v) is 10.6. The van der Waals surface area contributed by atoms with Crippen molar-refractivity contribution in [2.45, 2.75) is 38.8 Å². The molecule has 40 heavy (non-hydrogen) atoms. The molecule has 204 valence electrons. The zero-order valence-electron chi connectivity index (χ0n) is 22.8. The molecule has 3 heterocycles. The van der Waals surface area contributed by atoms with E-state index in [1.165, 1.54) is 0 Å². The van der Waals surface area contributed by atoms with Crippen molar-refractivity contribution >= 4 is 28.7 Å². The molecular weight excluding hydrogens is 502 g/mol. The molecule has 1 fully saturated rings. The van der Waals surface area contributed by atoms with Gasteiger partial charge >= 0.3 is 5.97 Å². The molecule has 1 saturated heterocycles. The molecule has 2 unspecified atom stereocenters. The summed E-state index contributed by atoms with van der Waals surface area (Å²) in [7, 11) is 0. The first-order valence-electron chi connectivity index (χ1n) is 14.0. The van der Waals surface area contributed by atoms with E-state index in [0.717, 1.165) is 33.3 Å². The van der Waals surface area contributed by atoms with Gasteiger partial charge in [0.15, 0.2) is 0 Å². The molecule has 3 aromatic carbocycles. The Bertz CT molecular complexity index is 1570. The molecule has 6 rings (SSSR count). The highest BCUT2D eigenvalue weighted by Gasteiger charge is 2.45. The number of benzene rings is 3. The van der Waals surface area contributed by atoms with E-state index in [9.17, 15) is 14.4 Å². The molecule has 0 aliphatic carbocycles. The molecule has 0 spiro atoms. The highest BCUT2D eigenvalue weighted by molar-refractivity contribution is 6.04. The first kappa shape index (κ1) is 25.9. The summed E-state index contributed by atoms with van der Waals surface area (Å²) in [6, 6.07) is 24.8. The zero-order chi connectivity index (χ0) is 27.8. The van der Waals surface area contributed by atoms with E-state index >= 15 is 0 Å². The van der Waals surface area contributed by atoms with E-state index in [2.05, 4.69) is 23.2 Å². The average molecular weight is 536 g/mol. The van der Waals surface area contributed by atoms with Gasteiger partial charge in [-0.15, -0.1) is 0 Å². The van der Waals surface area contributed by atoms with Crippen molar-refractivity contribution in [3.63, 3.8) is 0 Å². The van der Waals surface area contributed by atoms with Gasteiger partial charge in [-0.3, -0.25) is 14.4 Å². The van der Waals surface area contributed by atoms with Gasteiger partial charge in [-0.25, -0.2) is 0 Å². The molecule has 2 aliphatic heterocycles. The van der Waals surface area contributed by atoms with Crippen molar-refractivity contribution in [2.24, 2.45) is 5.92 Å². The van der Waals surface area contributed by atoms with Crippen LogP contribution in [0.1, 0.15) is 54.2 Å². The van der Waals surface area contributed by atoms with Gasteiger partial charge in [0, 0.05) is 35.1 Å². The fourth-order valence-corrected chi connectivity index (χ4v) is 6.29. The van der Waals surface area contributed by atoms with Crippen LogP contribution in [0.3, 0.4) is 0 Å². The van der Waals surface area contributed by atoms with E-state index < -0.39 is 12.1 Å². The van der Waals surface area contributed by atoms with Crippen LogP contribution in [0.25, 0.3) is 22.2 Å². The molecule has 1 aromatic heterocycles. The lowest BCUT2D eigenvalue weighted by Crippen LogP contribution is -2.51. The number of fused-ring (bicyclic) bond motifs is 2. The van der Waals surface area contributed by atoms with Gasteiger partial charge in [-0.05, 0) is 49.9 Å². The minimum absolute atomic E-state index is 0.102. The van der Waals surface area contributed by atoms with Crippen LogP contribution in [-0.2, 0) is 14.3 Å². The van der Waals surface area contributed by atoms with Crippen LogP contribution >= 0.6 is 0 Å². The monoisotopic (exact) mass is 535 g/mol. The molecule has 4 aromatic rings. The summed E-state index contributed by atoms with van der Waals surface area (Å²) in [6.07, 6.45) is 1.13. The van der Waals surface area contributed by atoms with Crippen molar-refractivity contribution in [3.05, 3.63) is 95.6 Å². The number of nitrogens with one attached hydrogen (secondary N) is 1. The van der Waals surface area contributed by atoms with E-state index in [-0.39, 0.29) is 23.7 Å². The second-order valence-electron chi connectivity index (χ2n) is 10.6. The Hall–Kier alpha value is -4.39. The third-order valence-corrected chi connectivity index (χ3v) is 8.28. The van der Waals surface area contributed by atoms with Crippen molar-refractivity contribution in [1.29, 1.82) is 0 Å². The zero-order valence-corrected chi connectivity index (χ0v) is 22.8. The number of piperidine rings is 1. The largest absolute Gasteiger partial charge is 0.466 e. The molecule has 2 aliphatic rings. The molecule has 0 bridgehead atoms. The number of hydrogen-bond acceptors (Lipinski definition) is 4. The quantitative estimate of drug-likeness (QED) is 0.327. The number of H-pyrrole nitrogens is 1. The van der Waals surface area contributed by atoms with E-state index in [1.807, 2.05) is 67.6 Å². The highest BCUT2D eigenvalue weighted by Crippen LogP contribution is 2.46. The summed E-state index contributed by atoms with van der Waals surface area (Å²) in [6.45, 7) is 4.92. The first-order valence-corrected chi connectivity index (χ1v) is 14.0. The molecular formula is C33H33N3O4. The lowest BCUT2D eigenvalue weighted by atomic mass is 9.92. The highest BCUT2D eigenvalue weighted by atomic mass is 16.5. The van der Waals surface area contributed by atoms with Gasteiger partial charge in [0.05, 0.1) is 24.3 Å². The lowest BCUT2D eigenvalue weighted by Gasteiger charge is -2.37. The number of likely N-dealkylation sites (tertiary alicyclic amines) is 1. The van der Waals surface area contributed by atoms with E-state index in [4.69, 9.17) is 4.74 Å². The van der Waals surface area contributed by atoms with Gasteiger partial charge in [0.1, 0.15) is 6.04 Å². The van der Waals surface area contributed by atoms with E-state index in [0.29, 0.717) is 38.1 Å². The minimum atomic E-state index is -0.693. The third kappa shape index (κ3) is 4.35. The summed E-state index contributed by atoms with van der Waals surface area (Å²) < 4.78 is 5.20. The predicted octanol–water partition coefficient (Wildman–Crippen LogP) is 5.57. The van der Waals surface area contributed by atoms with E-state index in [1.54, 1.807) is 16.7 Å². The summed E-state index contributed by atoms with van der Waals surface area (Å²) in [5, 5.41) is 1.02. The maximum Gasteiger partial charge on any atom is 0.309 e. The topological polar surface area (TPSA) is 82.7 Å². The second kappa shape index (κ2) is 10.6. The molecule has 1 N–H and O–H groups in total. The number of carbonyl (C=O) groups is 3. The summed E-state index contributed by atoms with van der Waals surface area (Å²) in [5.74, 6) is -0.633. The Morgan fingerprint density at radius 3 is 2.38 bits per heavy atom. The lowest BCUT2D eigenvalue weighted by molar-refractivity contribution is -0.151. The van der Waals surface area contributed by atoms with Crippen molar-refractivity contribution in [2.75, 3.05) is 19.7 Å². The number of amides is 2. The molecule has 7 nitrogen and oxygen atoms in total. The predicted molar refractivity (Wildman–Crippen MR) is 154 cm³/mol. The van der Waals surface area contributed by atoms with Gasteiger partial charge in [0.2, 0.25) is 5.91 Å². The normalized spacial score (nSPS) is 18.1. The van der Waals surface area contributed by atoms with Crippen molar-refractivity contribution in [1.82, 2.24) is 14.8 Å². The van der Waals surface area contributed by atoms with Gasteiger partial charge in [0.25, 0.3) is 5.91 Å². The Kier molecular flexibility index (Phi) is 6.88. The number of aromatic nitrogens is 1. The Morgan fingerprint density at radius 1 is 0.950 bits per heavy atom. The van der Waals surface area contributed by atoms with Crippen molar-refractivity contribution < 1.29 is 19.1 Å². The molecule has 0 radical (unpaired) electrons. The summed E-state index contributed by atoms with van der Waals surface area (Å²) in [4.78, 5) is 47.3. The number of para-hydroxylation sites is 1. The fourth-order valence-electron chi connectivity index (χ4n) is 6.29. The molecule has 2 atom stereocenters. The SMILES string of the molecule is CCOC(=O)C1CCN(C(=O)C(C)N2C(=O)c3ccccc3C2c2c(-c3ccccc3)[nH]c3ccccc23)CC1. The number of nitrogens with zero attached hydrogens (tertiary/aromatic N) is 2. The standard InChI is InChI=1S/C33H33N3O4/c1-3-40-33(39)23-17-19-35(20-18-23)31(37)21(2)36-30(24-13-7-8-14-25(24)32(36)38)28-26-15-9-10-16-27(26)34-29(28)22-11-5-4-6-12-22/h4-16,21,23,30,34H,3,17-20H2,1-2H3. The van der Waals surface area contributed by atoms with Crippen LogP contribution in [0.5, 0.6) is 0 Å². The smallest absolute Gasteiger partial charge is 0.309 e. The van der Waals surface area contributed by atoms with Gasteiger partial charge < -0.3 is 19.5 Å². The van der Waals surface area contributed by atoms with Crippen LogP contribution in [0.2, 0.25) is 0 Å².